The molecule has 1 aliphatic heterocycles. The van der Waals surface area contributed by atoms with Gasteiger partial charge in [0.25, 0.3) is 0 Å². The van der Waals surface area contributed by atoms with E-state index < -0.39 is 0 Å². The van der Waals surface area contributed by atoms with Crippen molar-refractivity contribution in [2.75, 3.05) is 0 Å². The highest BCUT2D eigenvalue weighted by molar-refractivity contribution is 6.30. The summed E-state index contributed by atoms with van der Waals surface area (Å²) >= 11 is 12.1. The number of hydrogen-bond donors (Lipinski definition) is 0. The second-order valence-corrected chi connectivity index (χ2v) is 6.58. The average Bonchev–Trinajstić information content (AvgIpc) is 2.50. The van der Waals surface area contributed by atoms with Crippen molar-refractivity contribution >= 4 is 29.2 Å². The smallest absolute Gasteiger partial charge is 0.309 e. The van der Waals surface area contributed by atoms with Gasteiger partial charge in [0, 0.05) is 16.0 Å². The Morgan fingerprint density at radius 2 is 1.73 bits per heavy atom. The molecule has 3 atom stereocenters. The maximum Gasteiger partial charge on any atom is 0.309 e. The third-order valence-corrected chi connectivity index (χ3v) is 4.58. The van der Waals surface area contributed by atoms with Crippen molar-refractivity contribution in [3.05, 3.63) is 69.7 Å². The Balaban J connectivity index is 1.99. The lowest BCUT2D eigenvalue weighted by molar-refractivity contribution is -0.162. The highest BCUT2D eigenvalue weighted by Crippen LogP contribution is 2.43. The topological polar surface area (TPSA) is 26.3 Å². The standard InChI is InChI=1S/C18H16Cl2O2/c1-11-9-16(13-3-2-4-15(20)10-13)17(22-18(11)21)12-5-7-14(19)8-6-12/h2-8,10-11,16-17H,9H2,1H3/t11?,16-,17+/m1/s1. The number of carbonyl (C=O) groups is 1. The molecule has 4 heteroatoms. The zero-order valence-corrected chi connectivity index (χ0v) is 13.6. The summed E-state index contributed by atoms with van der Waals surface area (Å²) in [5, 5.41) is 1.36. The maximum atomic E-state index is 12.0. The number of ether oxygens (including phenoxy) is 1. The zero-order valence-electron chi connectivity index (χ0n) is 12.1. The van der Waals surface area contributed by atoms with E-state index in [2.05, 4.69) is 0 Å². The van der Waals surface area contributed by atoms with Crippen LogP contribution in [0.2, 0.25) is 10.0 Å². The third-order valence-electron chi connectivity index (χ3n) is 4.09. The number of hydrogen-bond acceptors (Lipinski definition) is 2. The van der Waals surface area contributed by atoms with Gasteiger partial charge in [-0.3, -0.25) is 4.79 Å². The molecule has 3 rings (SSSR count). The van der Waals surface area contributed by atoms with Crippen LogP contribution >= 0.6 is 23.2 Å². The zero-order chi connectivity index (χ0) is 15.7. The summed E-state index contributed by atoms with van der Waals surface area (Å²) in [4.78, 5) is 12.0. The van der Waals surface area contributed by atoms with Crippen LogP contribution in [0.3, 0.4) is 0 Å². The third kappa shape index (κ3) is 3.13. The molecule has 0 saturated carbocycles. The summed E-state index contributed by atoms with van der Waals surface area (Å²) in [5.41, 5.74) is 2.04. The normalized spacial score (nSPS) is 24.9. The van der Waals surface area contributed by atoms with Crippen LogP contribution < -0.4 is 0 Å². The second kappa shape index (κ2) is 6.31. The van der Waals surface area contributed by atoms with Gasteiger partial charge in [0.2, 0.25) is 0 Å². The van der Waals surface area contributed by atoms with Crippen molar-refractivity contribution in [3.63, 3.8) is 0 Å². The van der Waals surface area contributed by atoms with E-state index >= 15 is 0 Å². The fourth-order valence-corrected chi connectivity index (χ4v) is 3.25. The fraction of sp³-hybridized carbons (Fsp3) is 0.278. The predicted molar refractivity (Wildman–Crippen MR) is 88.3 cm³/mol. The molecular formula is C18H16Cl2O2. The van der Waals surface area contributed by atoms with Gasteiger partial charge in [-0.25, -0.2) is 0 Å². The Labute approximate surface area is 140 Å². The minimum atomic E-state index is -0.306. The number of rotatable bonds is 2. The van der Waals surface area contributed by atoms with E-state index in [4.69, 9.17) is 27.9 Å². The first-order valence-electron chi connectivity index (χ1n) is 7.26. The van der Waals surface area contributed by atoms with Gasteiger partial charge in [0.15, 0.2) is 0 Å². The number of esters is 1. The van der Waals surface area contributed by atoms with Crippen LogP contribution in [0, 0.1) is 5.92 Å². The van der Waals surface area contributed by atoms with Crippen molar-refractivity contribution in [3.8, 4) is 0 Å². The molecule has 0 aliphatic carbocycles. The lowest BCUT2D eigenvalue weighted by atomic mass is 9.80. The summed E-state index contributed by atoms with van der Waals surface area (Å²) in [6.45, 7) is 1.90. The first kappa shape index (κ1) is 15.4. The van der Waals surface area contributed by atoms with Gasteiger partial charge >= 0.3 is 5.97 Å². The largest absolute Gasteiger partial charge is 0.457 e. The minimum absolute atomic E-state index is 0.0903. The summed E-state index contributed by atoms with van der Waals surface area (Å²) in [6, 6.07) is 15.2. The summed E-state index contributed by atoms with van der Waals surface area (Å²) < 4.78 is 5.71. The van der Waals surface area contributed by atoms with Crippen LogP contribution in [-0.2, 0) is 9.53 Å². The molecule has 2 aromatic carbocycles. The van der Waals surface area contributed by atoms with Crippen molar-refractivity contribution in [1.29, 1.82) is 0 Å². The molecule has 0 N–H and O–H groups in total. The molecular weight excluding hydrogens is 319 g/mol. The molecule has 1 saturated heterocycles. The number of cyclic esters (lactones) is 1. The van der Waals surface area contributed by atoms with Crippen molar-refractivity contribution < 1.29 is 9.53 Å². The number of carbonyl (C=O) groups excluding carboxylic acids is 1. The average molecular weight is 335 g/mol. The summed E-state index contributed by atoms with van der Waals surface area (Å²) in [5.74, 6) is -0.182. The monoisotopic (exact) mass is 334 g/mol. The van der Waals surface area contributed by atoms with Gasteiger partial charge in [-0.2, -0.15) is 0 Å². The van der Waals surface area contributed by atoms with Gasteiger partial charge in [0.05, 0.1) is 5.92 Å². The van der Waals surface area contributed by atoms with Crippen molar-refractivity contribution in [1.82, 2.24) is 0 Å². The van der Waals surface area contributed by atoms with Gasteiger partial charge in [-0.15, -0.1) is 0 Å². The Morgan fingerprint density at radius 1 is 1.00 bits per heavy atom. The van der Waals surface area contributed by atoms with E-state index in [0.717, 1.165) is 17.5 Å². The van der Waals surface area contributed by atoms with Gasteiger partial charge < -0.3 is 4.74 Å². The predicted octanol–water partition coefficient (Wildman–Crippen LogP) is 5.40. The molecule has 0 radical (unpaired) electrons. The number of halogens is 2. The van der Waals surface area contributed by atoms with E-state index in [0.29, 0.717) is 10.0 Å². The first-order valence-corrected chi connectivity index (χ1v) is 8.01. The van der Waals surface area contributed by atoms with E-state index in [-0.39, 0.29) is 23.9 Å². The van der Waals surface area contributed by atoms with E-state index in [1.165, 1.54) is 0 Å². The lowest BCUT2D eigenvalue weighted by Gasteiger charge is -2.35. The lowest BCUT2D eigenvalue weighted by Crippen LogP contribution is -2.30. The molecule has 0 aromatic heterocycles. The van der Waals surface area contributed by atoms with Crippen molar-refractivity contribution in [2.24, 2.45) is 5.92 Å². The Hall–Kier alpha value is -1.51. The minimum Gasteiger partial charge on any atom is -0.457 e. The van der Waals surface area contributed by atoms with Crippen LogP contribution in [0.25, 0.3) is 0 Å². The van der Waals surface area contributed by atoms with Crippen LogP contribution in [-0.4, -0.2) is 5.97 Å². The molecule has 1 fully saturated rings. The van der Waals surface area contributed by atoms with Gasteiger partial charge in [-0.1, -0.05) is 54.4 Å². The van der Waals surface area contributed by atoms with Crippen LogP contribution in [0.1, 0.15) is 36.5 Å². The fourth-order valence-electron chi connectivity index (χ4n) is 2.93. The van der Waals surface area contributed by atoms with Crippen LogP contribution in [0.4, 0.5) is 0 Å². The van der Waals surface area contributed by atoms with E-state index in [9.17, 15) is 4.79 Å². The highest BCUT2D eigenvalue weighted by Gasteiger charge is 2.37. The second-order valence-electron chi connectivity index (χ2n) is 5.71. The van der Waals surface area contributed by atoms with Gasteiger partial charge in [-0.05, 0) is 41.8 Å². The Kier molecular flexibility index (Phi) is 4.42. The molecule has 0 bridgehead atoms. The SMILES string of the molecule is CC1C[C@H](c2cccc(Cl)c2)[C@H](c2ccc(Cl)cc2)OC1=O. The molecule has 1 unspecified atom stereocenters. The maximum absolute atomic E-state index is 12.0. The van der Waals surface area contributed by atoms with E-state index in [1.807, 2.05) is 55.5 Å². The number of benzene rings is 2. The molecule has 0 spiro atoms. The Morgan fingerprint density at radius 3 is 2.41 bits per heavy atom. The van der Waals surface area contributed by atoms with Crippen LogP contribution in [0.15, 0.2) is 48.5 Å². The first-order chi connectivity index (χ1) is 10.5. The quantitative estimate of drug-likeness (QED) is 0.687. The molecule has 0 amide bonds. The van der Waals surface area contributed by atoms with Crippen LogP contribution in [0.5, 0.6) is 0 Å². The van der Waals surface area contributed by atoms with Gasteiger partial charge in [0.1, 0.15) is 6.10 Å². The summed E-state index contributed by atoms with van der Waals surface area (Å²) in [7, 11) is 0. The van der Waals surface area contributed by atoms with Crippen molar-refractivity contribution in [2.45, 2.75) is 25.4 Å². The molecule has 2 aromatic rings. The molecule has 114 valence electrons. The van der Waals surface area contributed by atoms with E-state index in [1.54, 1.807) is 0 Å². The molecule has 2 nitrogen and oxygen atoms in total. The Bertz CT molecular complexity index is 682. The summed E-state index contributed by atoms with van der Waals surface area (Å²) in [6.07, 6.45) is 0.436. The molecule has 1 aliphatic rings. The molecule has 22 heavy (non-hydrogen) atoms. The molecule has 1 heterocycles. The highest BCUT2D eigenvalue weighted by atomic mass is 35.5.